The fourth-order valence-electron chi connectivity index (χ4n) is 2.24. The van der Waals surface area contributed by atoms with Crippen molar-refractivity contribution < 1.29 is 4.92 Å². The highest BCUT2D eigenvalue weighted by atomic mass is 35.5. The van der Waals surface area contributed by atoms with Gasteiger partial charge in [0.1, 0.15) is 0 Å². The minimum absolute atomic E-state index is 0.0113. The highest BCUT2D eigenvalue weighted by molar-refractivity contribution is 6.33. The smallest absolute Gasteiger partial charge is 0.271 e. The van der Waals surface area contributed by atoms with Gasteiger partial charge in [0.2, 0.25) is 0 Å². The van der Waals surface area contributed by atoms with Gasteiger partial charge >= 0.3 is 0 Å². The summed E-state index contributed by atoms with van der Waals surface area (Å²) in [6.07, 6.45) is 0. The highest BCUT2D eigenvalue weighted by Gasteiger charge is 2.15. The maximum atomic E-state index is 10.7. The molecule has 5 nitrogen and oxygen atoms in total. The fraction of sp³-hybridized carbons (Fsp3) is 0.250. The highest BCUT2D eigenvalue weighted by Crippen LogP contribution is 2.28. The van der Waals surface area contributed by atoms with Gasteiger partial charge in [0, 0.05) is 18.7 Å². The van der Waals surface area contributed by atoms with Gasteiger partial charge in [0.05, 0.1) is 21.7 Å². The molecule has 2 aromatic rings. The summed E-state index contributed by atoms with van der Waals surface area (Å²) < 4.78 is 0. The second-order valence-electron chi connectivity index (χ2n) is 5.19. The zero-order valence-electron chi connectivity index (χ0n) is 12.5. The second kappa shape index (κ2) is 7.24. The molecule has 0 aromatic heterocycles. The summed E-state index contributed by atoms with van der Waals surface area (Å²) in [5.74, 6) is 0. The van der Waals surface area contributed by atoms with Gasteiger partial charge in [-0.15, -0.1) is 0 Å². The van der Waals surface area contributed by atoms with Crippen molar-refractivity contribution in [2.75, 3.05) is 26.0 Å². The average molecular weight is 320 g/mol. The minimum atomic E-state index is -0.456. The van der Waals surface area contributed by atoms with Crippen LogP contribution in [0, 0.1) is 10.1 Å². The van der Waals surface area contributed by atoms with Crippen LogP contribution < -0.4 is 5.32 Å². The summed E-state index contributed by atoms with van der Waals surface area (Å²) in [6, 6.07) is 14.8. The third-order valence-corrected chi connectivity index (χ3v) is 3.77. The van der Waals surface area contributed by atoms with Crippen LogP contribution in [0.2, 0.25) is 5.02 Å². The number of halogens is 1. The number of likely N-dealkylation sites (N-methyl/N-ethyl adjacent to an activating group) is 1. The Balaban J connectivity index is 2.12. The predicted molar refractivity (Wildman–Crippen MR) is 89.5 cm³/mol. The Bertz CT molecular complexity index is 647. The Morgan fingerprint density at radius 2 is 1.91 bits per heavy atom. The minimum Gasteiger partial charge on any atom is -0.382 e. The molecule has 0 spiro atoms. The number of benzene rings is 2. The summed E-state index contributed by atoms with van der Waals surface area (Å²) >= 11 is 6.10. The largest absolute Gasteiger partial charge is 0.382 e. The maximum Gasteiger partial charge on any atom is 0.271 e. The van der Waals surface area contributed by atoms with E-state index in [1.54, 1.807) is 6.07 Å². The molecule has 0 saturated heterocycles. The number of nitro groups is 1. The summed E-state index contributed by atoms with van der Waals surface area (Å²) in [5, 5.41) is 14.3. The van der Waals surface area contributed by atoms with Gasteiger partial charge in [0.25, 0.3) is 5.69 Å². The fourth-order valence-corrected chi connectivity index (χ4v) is 2.48. The molecular formula is C16H18ClN3O2. The van der Waals surface area contributed by atoms with E-state index in [2.05, 4.69) is 22.3 Å². The molecule has 0 unspecified atom stereocenters. The third-order valence-electron chi connectivity index (χ3n) is 3.46. The van der Waals surface area contributed by atoms with Crippen molar-refractivity contribution in [3.8, 4) is 0 Å². The van der Waals surface area contributed by atoms with Crippen LogP contribution in [0.3, 0.4) is 0 Å². The van der Waals surface area contributed by atoms with E-state index >= 15 is 0 Å². The Labute approximate surface area is 134 Å². The van der Waals surface area contributed by atoms with E-state index in [-0.39, 0.29) is 11.7 Å². The molecule has 0 radical (unpaired) electrons. The second-order valence-corrected chi connectivity index (χ2v) is 5.60. The molecule has 2 rings (SSSR count). The molecule has 116 valence electrons. The Morgan fingerprint density at radius 1 is 1.23 bits per heavy atom. The molecule has 22 heavy (non-hydrogen) atoms. The van der Waals surface area contributed by atoms with Gasteiger partial charge in [-0.05, 0) is 25.7 Å². The standard InChI is InChI=1S/C16H18ClN3O2/c1-19(2)16(12-6-4-3-5-7-12)11-18-15-9-8-13(20(21)22)10-14(15)17/h3-10,16,18H,11H2,1-2H3/t16-/m0/s1. The number of anilines is 1. The lowest BCUT2D eigenvalue weighted by atomic mass is 10.1. The Hall–Kier alpha value is -2.11. The van der Waals surface area contributed by atoms with Crippen molar-refractivity contribution in [2.45, 2.75) is 6.04 Å². The summed E-state index contributed by atoms with van der Waals surface area (Å²) in [4.78, 5) is 12.4. The predicted octanol–water partition coefficient (Wildman–Crippen LogP) is 3.96. The summed E-state index contributed by atoms with van der Waals surface area (Å²) in [7, 11) is 4.02. The lowest BCUT2D eigenvalue weighted by Crippen LogP contribution is -2.26. The lowest BCUT2D eigenvalue weighted by molar-refractivity contribution is -0.384. The summed E-state index contributed by atoms with van der Waals surface area (Å²) in [5.41, 5.74) is 1.87. The first-order valence-corrected chi connectivity index (χ1v) is 7.26. The quantitative estimate of drug-likeness (QED) is 0.646. The molecule has 0 aliphatic heterocycles. The molecule has 0 fully saturated rings. The van der Waals surface area contributed by atoms with Crippen molar-refractivity contribution in [3.63, 3.8) is 0 Å². The van der Waals surface area contributed by atoms with E-state index in [0.29, 0.717) is 17.3 Å². The van der Waals surface area contributed by atoms with E-state index in [9.17, 15) is 10.1 Å². The summed E-state index contributed by atoms with van der Waals surface area (Å²) in [6.45, 7) is 0.647. The molecular weight excluding hydrogens is 302 g/mol. The molecule has 0 bridgehead atoms. The van der Waals surface area contributed by atoms with Crippen molar-refractivity contribution in [2.24, 2.45) is 0 Å². The third kappa shape index (κ3) is 3.96. The number of hydrogen-bond acceptors (Lipinski definition) is 4. The first-order chi connectivity index (χ1) is 10.5. The van der Waals surface area contributed by atoms with Crippen LogP contribution in [0.5, 0.6) is 0 Å². The number of nitro benzene ring substituents is 1. The van der Waals surface area contributed by atoms with Gasteiger partial charge < -0.3 is 10.2 Å². The van der Waals surface area contributed by atoms with E-state index in [4.69, 9.17) is 11.6 Å². The average Bonchev–Trinajstić information content (AvgIpc) is 2.49. The zero-order chi connectivity index (χ0) is 16.1. The lowest BCUT2D eigenvalue weighted by Gasteiger charge is -2.25. The van der Waals surface area contributed by atoms with E-state index in [1.807, 2.05) is 32.3 Å². The van der Waals surface area contributed by atoms with Crippen LogP contribution >= 0.6 is 11.6 Å². The number of nitrogens with zero attached hydrogens (tertiary/aromatic N) is 2. The van der Waals surface area contributed by atoms with Gasteiger partial charge in [-0.2, -0.15) is 0 Å². The van der Waals surface area contributed by atoms with Crippen LogP contribution in [0.1, 0.15) is 11.6 Å². The van der Waals surface area contributed by atoms with Gasteiger partial charge in [0.15, 0.2) is 0 Å². The molecule has 6 heteroatoms. The van der Waals surface area contributed by atoms with Crippen LogP contribution in [-0.4, -0.2) is 30.5 Å². The number of rotatable bonds is 6. The van der Waals surface area contributed by atoms with E-state index in [1.165, 1.54) is 17.7 Å². The number of nitrogens with one attached hydrogen (secondary N) is 1. The SMILES string of the molecule is CN(C)[C@@H](CNc1ccc([N+](=O)[O-])cc1Cl)c1ccccc1. The van der Waals surface area contributed by atoms with Crippen molar-refractivity contribution in [3.05, 3.63) is 69.2 Å². The molecule has 1 atom stereocenters. The Kier molecular flexibility index (Phi) is 5.35. The molecule has 2 aromatic carbocycles. The van der Waals surface area contributed by atoms with Crippen LogP contribution in [0.4, 0.5) is 11.4 Å². The van der Waals surface area contributed by atoms with E-state index in [0.717, 1.165) is 0 Å². The molecule has 0 aliphatic carbocycles. The molecule has 0 saturated carbocycles. The molecule has 0 amide bonds. The Morgan fingerprint density at radius 3 is 2.45 bits per heavy atom. The first-order valence-electron chi connectivity index (χ1n) is 6.88. The normalized spacial score (nSPS) is 12.2. The van der Waals surface area contributed by atoms with Crippen LogP contribution in [0.25, 0.3) is 0 Å². The van der Waals surface area contributed by atoms with Gasteiger partial charge in [-0.25, -0.2) is 0 Å². The van der Waals surface area contributed by atoms with Crippen molar-refractivity contribution >= 4 is 23.0 Å². The molecule has 0 aliphatic rings. The van der Waals surface area contributed by atoms with Gasteiger partial charge in [-0.3, -0.25) is 10.1 Å². The topological polar surface area (TPSA) is 58.4 Å². The van der Waals surface area contributed by atoms with E-state index < -0.39 is 4.92 Å². The van der Waals surface area contributed by atoms with Gasteiger partial charge in [-0.1, -0.05) is 41.9 Å². The molecule has 1 N–H and O–H groups in total. The number of non-ortho nitro benzene ring substituents is 1. The zero-order valence-corrected chi connectivity index (χ0v) is 13.2. The monoisotopic (exact) mass is 319 g/mol. The van der Waals surface area contributed by atoms with Crippen molar-refractivity contribution in [1.82, 2.24) is 4.90 Å². The maximum absolute atomic E-state index is 10.7. The van der Waals surface area contributed by atoms with Crippen molar-refractivity contribution in [1.29, 1.82) is 0 Å². The number of hydrogen-bond donors (Lipinski definition) is 1. The first kappa shape index (κ1) is 16.3. The molecule has 0 heterocycles. The van der Waals surface area contributed by atoms with Crippen LogP contribution in [-0.2, 0) is 0 Å². The van der Waals surface area contributed by atoms with Crippen LogP contribution in [0.15, 0.2) is 48.5 Å².